The molecule has 0 unspecified atom stereocenters. The van der Waals surface area contributed by atoms with Gasteiger partial charge in [-0.05, 0) is 17.7 Å². The van der Waals surface area contributed by atoms with Gasteiger partial charge in [0.25, 0.3) is 5.91 Å². The van der Waals surface area contributed by atoms with Gasteiger partial charge in [0.05, 0.1) is 17.1 Å². The number of hydrogen-bond donors (Lipinski definition) is 2. The van der Waals surface area contributed by atoms with E-state index in [1.54, 1.807) is 30.3 Å². The van der Waals surface area contributed by atoms with Crippen LogP contribution in [0.3, 0.4) is 0 Å². The van der Waals surface area contributed by atoms with Crippen molar-refractivity contribution in [3.05, 3.63) is 100 Å². The number of amides is 3. The van der Waals surface area contributed by atoms with Gasteiger partial charge in [0.15, 0.2) is 5.69 Å². The molecule has 10 heteroatoms. The first-order chi connectivity index (χ1) is 17.3. The Labute approximate surface area is 211 Å². The normalized spacial score (nSPS) is 10.8. The molecular formula is C26H23ClFN5O3. The fourth-order valence-electron chi connectivity index (χ4n) is 3.80. The van der Waals surface area contributed by atoms with E-state index in [9.17, 15) is 18.8 Å². The Balaban J connectivity index is 1.53. The molecule has 0 aliphatic rings. The van der Waals surface area contributed by atoms with Crippen molar-refractivity contribution in [2.45, 2.75) is 19.6 Å². The molecule has 4 aromatic rings. The maximum Gasteiger partial charge on any atom is 0.269 e. The predicted molar refractivity (Wildman–Crippen MR) is 133 cm³/mol. The van der Waals surface area contributed by atoms with Crippen LogP contribution in [0.15, 0.2) is 72.8 Å². The van der Waals surface area contributed by atoms with Gasteiger partial charge in [0, 0.05) is 24.0 Å². The Morgan fingerprint density at radius 1 is 1.00 bits per heavy atom. The highest BCUT2D eigenvalue weighted by atomic mass is 35.5. The quantitative estimate of drug-likeness (QED) is 0.362. The van der Waals surface area contributed by atoms with Crippen molar-refractivity contribution in [2.24, 2.45) is 5.73 Å². The Bertz CT molecular complexity index is 1420. The lowest BCUT2D eigenvalue weighted by Gasteiger charge is -2.23. The zero-order valence-corrected chi connectivity index (χ0v) is 19.9. The molecule has 1 aromatic heterocycles. The maximum atomic E-state index is 14.2. The molecule has 3 aromatic carbocycles. The van der Waals surface area contributed by atoms with Crippen LogP contribution in [0.2, 0.25) is 5.02 Å². The number of nitrogens with zero attached hydrogens (tertiary/aromatic N) is 3. The summed E-state index contributed by atoms with van der Waals surface area (Å²) in [5.74, 6) is -2.17. The molecule has 184 valence electrons. The van der Waals surface area contributed by atoms with Crippen molar-refractivity contribution in [2.75, 3.05) is 6.54 Å². The fourth-order valence-corrected chi connectivity index (χ4v) is 4.00. The monoisotopic (exact) mass is 507 g/mol. The Morgan fingerprint density at radius 2 is 1.72 bits per heavy atom. The van der Waals surface area contributed by atoms with Crippen LogP contribution in [0.1, 0.15) is 21.6 Å². The average Bonchev–Trinajstić information content (AvgIpc) is 3.24. The van der Waals surface area contributed by atoms with E-state index in [1.807, 2.05) is 30.3 Å². The predicted octanol–water partition coefficient (Wildman–Crippen LogP) is 3.27. The minimum Gasteiger partial charge on any atom is -0.364 e. The molecular weight excluding hydrogens is 485 g/mol. The van der Waals surface area contributed by atoms with E-state index < -0.39 is 23.5 Å². The highest BCUT2D eigenvalue weighted by Gasteiger charge is 2.22. The molecule has 0 radical (unpaired) electrons. The highest BCUT2D eigenvalue weighted by Crippen LogP contribution is 2.19. The number of para-hydroxylation sites is 1. The lowest BCUT2D eigenvalue weighted by molar-refractivity contribution is -0.137. The summed E-state index contributed by atoms with van der Waals surface area (Å²) in [5, 5.41) is 7.37. The molecule has 0 fully saturated rings. The summed E-state index contributed by atoms with van der Waals surface area (Å²) >= 11 is 5.81. The third-order valence-electron chi connectivity index (χ3n) is 5.59. The summed E-state index contributed by atoms with van der Waals surface area (Å²) in [4.78, 5) is 39.3. The van der Waals surface area contributed by atoms with Crippen LogP contribution >= 0.6 is 11.6 Å². The minimum absolute atomic E-state index is 0.0376. The summed E-state index contributed by atoms with van der Waals surface area (Å²) in [6.07, 6.45) is 0. The Morgan fingerprint density at radius 3 is 2.47 bits per heavy atom. The van der Waals surface area contributed by atoms with Crippen LogP contribution in [-0.4, -0.2) is 38.9 Å². The summed E-state index contributed by atoms with van der Waals surface area (Å²) in [7, 11) is 0. The molecule has 3 N–H and O–H groups in total. The van der Waals surface area contributed by atoms with Crippen molar-refractivity contribution in [1.82, 2.24) is 20.0 Å². The Kier molecular flexibility index (Phi) is 7.60. The number of benzene rings is 3. The molecule has 4 rings (SSSR count). The number of nitrogens with two attached hydrogens (primary N) is 1. The standard InChI is InChI=1S/C26H23ClFN5O3/c27-20-11-6-9-18(24(20)28)13-30-22(34)15-32(14-17-7-2-1-3-8-17)23(35)16-33-21-12-5-4-10-19(21)25(31-33)26(29)36/h1-12H,13-16H2,(H2,29,36)(H,30,34). The van der Waals surface area contributed by atoms with Gasteiger partial charge in [-0.3, -0.25) is 19.1 Å². The van der Waals surface area contributed by atoms with E-state index in [0.717, 1.165) is 5.56 Å². The summed E-state index contributed by atoms with van der Waals surface area (Å²) < 4.78 is 15.6. The van der Waals surface area contributed by atoms with Gasteiger partial charge in [0.1, 0.15) is 12.4 Å². The first kappa shape index (κ1) is 24.9. The molecule has 1 heterocycles. The van der Waals surface area contributed by atoms with Crippen molar-refractivity contribution >= 4 is 40.2 Å². The number of carbonyl (C=O) groups is 3. The number of carbonyl (C=O) groups excluding carboxylic acids is 3. The van der Waals surface area contributed by atoms with Gasteiger partial charge in [-0.15, -0.1) is 0 Å². The number of hydrogen-bond acceptors (Lipinski definition) is 4. The summed E-state index contributed by atoms with van der Waals surface area (Å²) in [6.45, 7) is -0.389. The molecule has 0 saturated carbocycles. The van der Waals surface area contributed by atoms with Crippen LogP contribution < -0.4 is 11.1 Å². The number of fused-ring (bicyclic) bond motifs is 1. The van der Waals surface area contributed by atoms with Crippen LogP contribution in [0.5, 0.6) is 0 Å². The third kappa shape index (κ3) is 5.69. The average molecular weight is 508 g/mol. The van der Waals surface area contributed by atoms with E-state index in [4.69, 9.17) is 17.3 Å². The maximum absolute atomic E-state index is 14.2. The molecule has 0 aliphatic heterocycles. The number of rotatable bonds is 9. The molecule has 36 heavy (non-hydrogen) atoms. The molecule has 3 amide bonds. The first-order valence-corrected chi connectivity index (χ1v) is 11.5. The second kappa shape index (κ2) is 11.0. The van der Waals surface area contributed by atoms with Gasteiger partial charge >= 0.3 is 0 Å². The van der Waals surface area contributed by atoms with Gasteiger partial charge in [0.2, 0.25) is 11.8 Å². The van der Waals surface area contributed by atoms with Gasteiger partial charge in [-0.1, -0.05) is 72.3 Å². The number of primary amides is 1. The number of nitrogens with one attached hydrogen (secondary N) is 1. The van der Waals surface area contributed by atoms with E-state index in [2.05, 4.69) is 10.4 Å². The topological polar surface area (TPSA) is 110 Å². The third-order valence-corrected chi connectivity index (χ3v) is 5.88. The van der Waals surface area contributed by atoms with Crippen LogP contribution in [0.25, 0.3) is 10.9 Å². The zero-order valence-electron chi connectivity index (χ0n) is 19.2. The van der Waals surface area contributed by atoms with E-state index in [-0.39, 0.29) is 42.5 Å². The fraction of sp³-hybridized carbons (Fsp3) is 0.154. The zero-order chi connectivity index (χ0) is 25.7. The molecule has 0 aliphatic carbocycles. The highest BCUT2D eigenvalue weighted by molar-refractivity contribution is 6.30. The lowest BCUT2D eigenvalue weighted by Crippen LogP contribution is -2.41. The number of aromatic nitrogens is 2. The smallest absolute Gasteiger partial charge is 0.269 e. The summed E-state index contributed by atoms with van der Waals surface area (Å²) in [5.41, 5.74) is 7.15. The minimum atomic E-state index is -0.703. The largest absolute Gasteiger partial charge is 0.364 e. The lowest BCUT2D eigenvalue weighted by atomic mass is 10.2. The van der Waals surface area contributed by atoms with E-state index in [1.165, 1.54) is 21.7 Å². The SMILES string of the molecule is NC(=O)c1nn(CC(=O)N(CC(=O)NCc2cccc(Cl)c2F)Cc2ccccc2)c2ccccc12. The second-order valence-electron chi connectivity index (χ2n) is 8.11. The second-order valence-corrected chi connectivity index (χ2v) is 8.52. The van der Waals surface area contributed by atoms with Crippen molar-refractivity contribution in [3.8, 4) is 0 Å². The molecule has 8 nitrogen and oxygen atoms in total. The molecule has 0 bridgehead atoms. The first-order valence-electron chi connectivity index (χ1n) is 11.1. The van der Waals surface area contributed by atoms with Crippen molar-refractivity contribution in [1.29, 1.82) is 0 Å². The van der Waals surface area contributed by atoms with Crippen molar-refractivity contribution in [3.63, 3.8) is 0 Å². The van der Waals surface area contributed by atoms with Crippen molar-refractivity contribution < 1.29 is 18.8 Å². The molecule has 0 spiro atoms. The van der Waals surface area contributed by atoms with Crippen LogP contribution in [0, 0.1) is 5.82 Å². The Hall–Kier alpha value is -4.24. The van der Waals surface area contributed by atoms with Crippen LogP contribution in [-0.2, 0) is 29.2 Å². The van der Waals surface area contributed by atoms with Gasteiger partial charge < -0.3 is 16.0 Å². The number of halogens is 2. The van der Waals surface area contributed by atoms with Gasteiger partial charge in [-0.25, -0.2) is 4.39 Å². The van der Waals surface area contributed by atoms with E-state index >= 15 is 0 Å². The van der Waals surface area contributed by atoms with Crippen LogP contribution in [0.4, 0.5) is 4.39 Å². The van der Waals surface area contributed by atoms with Gasteiger partial charge in [-0.2, -0.15) is 5.10 Å². The molecule has 0 atom stereocenters. The van der Waals surface area contributed by atoms with E-state index in [0.29, 0.717) is 10.9 Å². The molecule has 0 saturated heterocycles. The summed E-state index contributed by atoms with van der Waals surface area (Å²) in [6, 6.07) is 20.7.